The molecule has 2 atom stereocenters. The van der Waals surface area contributed by atoms with Gasteiger partial charge in [0.2, 0.25) is 0 Å². The van der Waals surface area contributed by atoms with Gasteiger partial charge < -0.3 is 9.84 Å². The maximum Gasteiger partial charge on any atom is 0.177 e. The van der Waals surface area contributed by atoms with Crippen LogP contribution in [-0.2, 0) is 4.74 Å². The fourth-order valence-electron chi connectivity index (χ4n) is 1.73. The van der Waals surface area contributed by atoms with E-state index in [0.717, 1.165) is 12.0 Å². The lowest BCUT2D eigenvalue weighted by Crippen LogP contribution is -2.27. The lowest BCUT2D eigenvalue weighted by atomic mass is 9.93. The highest BCUT2D eigenvalue weighted by molar-refractivity contribution is 5.12. The Balaban J connectivity index is 2.64. The molecule has 0 bridgehead atoms. The quantitative estimate of drug-likeness (QED) is 0.682. The number of aliphatic hydroxyl groups excluding tert-OH is 1. The van der Waals surface area contributed by atoms with E-state index in [-0.39, 0.29) is 0 Å². The minimum atomic E-state index is -0.659. The molecule has 0 aromatic heterocycles. The van der Waals surface area contributed by atoms with Crippen LogP contribution in [0.4, 0.5) is 0 Å². The molecule has 0 aliphatic carbocycles. The summed E-state index contributed by atoms with van der Waals surface area (Å²) in [4.78, 5) is 0. The van der Waals surface area contributed by atoms with Crippen LogP contribution in [-0.4, -0.2) is 18.0 Å². The first-order valence-corrected chi connectivity index (χ1v) is 5.16. The monoisotopic (exact) mass is 184 g/mol. The lowest BCUT2D eigenvalue weighted by molar-refractivity contribution is -0.0946. The third kappa shape index (κ3) is 2.82. The van der Waals surface area contributed by atoms with Crippen LogP contribution in [0.25, 0.3) is 0 Å². The van der Waals surface area contributed by atoms with E-state index in [1.54, 1.807) is 0 Å². The topological polar surface area (TPSA) is 29.5 Å². The van der Waals surface area contributed by atoms with E-state index in [4.69, 9.17) is 4.74 Å². The van der Waals surface area contributed by atoms with Crippen LogP contribution in [0.3, 0.4) is 0 Å². The summed E-state index contributed by atoms with van der Waals surface area (Å²) in [7, 11) is 0. The number of ether oxygens (including phenoxy) is 1. The molecule has 76 valence electrons. The standard InChI is InChI=1S/C11H20O2/c1-4-5-9-6-10(8(2)3)11(12)13-7-9/h6,8-9,11-12H,4-5,7H2,1-3H3. The maximum absolute atomic E-state index is 9.53. The van der Waals surface area contributed by atoms with Crippen LogP contribution < -0.4 is 0 Å². The summed E-state index contributed by atoms with van der Waals surface area (Å²) in [5.74, 6) is 0.889. The van der Waals surface area contributed by atoms with Gasteiger partial charge in [-0.25, -0.2) is 0 Å². The summed E-state index contributed by atoms with van der Waals surface area (Å²) in [5.41, 5.74) is 1.05. The molecule has 2 heteroatoms. The maximum atomic E-state index is 9.53. The summed E-state index contributed by atoms with van der Waals surface area (Å²) in [6.07, 6.45) is 3.87. The zero-order valence-electron chi connectivity index (χ0n) is 8.79. The Bertz CT molecular complexity index is 185. The van der Waals surface area contributed by atoms with Gasteiger partial charge in [-0.05, 0) is 17.9 Å². The Labute approximate surface area is 80.6 Å². The summed E-state index contributed by atoms with van der Waals surface area (Å²) < 4.78 is 5.30. The molecule has 0 saturated heterocycles. The molecule has 1 N–H and O–H groups in total. The molecule has 13 heavy (non-hydrogen) atoms. The van der Waals surface area contributed by atoms with Crippen LogP contribution >= 0.6 is 0 Å². The Morgan fingerprint density at radius 2 is 2.31 bits per heavy atom. The predicted molar refractivity (Wildman–Crippen MR) is 53.3 cm³/mol. The first kappa shape index (κ1) is 10.7. The third-order valence-electron chi connectivity index (χ3n) is 2.51. The van der Waals surface area contributed by atoms with Gasteiger partial charge in [0.15, 0.2) is 6.29 Å². The van der Waals surface area contributed by atoms with Crippen molar-refractivity contribution in [3.63, 3.8) is 0 Å². The minimum absolute atomic E-state index is 0.384. The highest BCUT2D eigenvalue weighted by Gasteiger charge is 2.22. The molecule has 2 nitrogen and oxygen atoms in total. The molecule has 0 aromatic rings. The predicted octanol–water partition coefficient (Wildman–Crippen LogP) is 2.33. The second kappa shape index (κ2) is 4.77. The van der Waals surface area contributed by atoms with Gasteiger partial charge in [0.1, 0.15) is 0 Å². The molecule has 1 aliphatic rings. The number of aliphatic hydroxyl groups is 1. The first-order valence-electron chi connectivity index (χ1n) is 5.16. The van der Waals surface area contributed by atoms with E-state index in [0.29, 0.717) is 18.4 Å². The van der Waals surface area contributed by atoms with Crippen molar-refractivity contribution in [1.29, 1.82) is 0 Å². The molecule has 0 fully saturated rings. The average Bonchev–Trinajstić information content (AvgIpc) is 2.08. The van der Waals surface area contributed by atoms with E-state index in [2.05, 4.69) is 26.8 Å². The summed E-state index contributed by atoms with van der Waals surface area (Å²) >= 11 is 0. The van der Waals surface area contributed by atoms with Crippen molar-refractivity contribution in [1.82, 2.24) is 0 Å². The molecule has 1 aliphatic heterocycles. The normalized spacial score (nSPS) is 29.2. The van der Waals surface area contributed by atoms with Crippen LogP contribution in [0.2, 0.25) is 0 Å². The van der Waals surface area contributed by atoms with Crippen molar-refractivity contribution in [3.05, 3.63) is 11.6 Å². The number of rotatable bonds is 3. The molecule has 0 amide bonds. The smallest absolute Gasteiger partial charge is 0.177 e. The molecule has 2 unspecified atom stereocenters. The van der Waals surface area contributed by atoms with E-state index in [1.807, 2.05) is 0 Å². The minimum Gasteiger partial charge on any atom is -0.364 e. The van der Waals surface area contributed by atoms with E-state index in [9.17, 15) is 5.11 Å². The summed E-state index contributed by atoms with van der Waals surface area (Å²) in [6.45, 7) is 7.03. The Kier molecular flexibility index (Phi) is 3.94. The lowest BCUT2D eigenvalue weighted by Gasteiger charge is -2.27. The van der Waals surface area contributed by atoms with Crippen LogP contribution in [0.1, 0.15) is 33.6 Å². The zero-order valence-corrected chi connectivity index (χ0v) is 8.79. The molecule has 0 saturated carbocycles. The summed E-state index contributed by atoms with van der Waals surface area (Å²) in [6, 6.07) is 0. The van der Waals surface area contributed by atoms with Crippen molar-refractivity contribution < 1.29 is 9.84 Å². The Hall–Kier alpha value is -0.340. The largest absolute Gasteiger partial charge is 0.364 e. The zero-order chi connectivity index (χ0) is 9.84. The highest BCUT2D eigenvalue weighted by atomic mass is 16.6. The highest BCUT2D eigenvalue weighted by Crippen LogP contribution is 2.25. The number of hydrogen-bond acceptors (Lipinski definition) is 2. The molecule has 1 heterocycles. The van der Waals surface area contributed by atoms with Gasteiger partial charge in [-0.2, -0.15) is 0 Å². The fraction of sp³-hybridized carbons (Fsp3) is 0.818. The fourth-order valence-corrected chi connectivity index (χ4v) is 1.73. The Morgan fingerprint density at radius 3 is 2.85 bits per heavy atom. The molecule has 1 rings (SSSR count). The second-order valence-electron chi connectivity index (χ2n) is 4.06. The third-order valence-corrected chi connectivity index (χ3v) is 2.51. The van der Waals surface area contributed by atoms with Gasteiger partial charge in [-0.3, -0.25) is 0 Å². The van der Waals surface area contributed by atoms with Crippen molar-refractivity contribution in [2.75, 3.05) is 6.61 Å². The number of hydrogen-bond donors (Lipinski definition) is 1. The van der Waals surface area contributed by atoms with Crippen molar-refractivity contribution in [2.24, 2.45) is 11.8 Å². The van der Waals surface area contributed by atoms with Crippen LogP contribution in [0.5, 0.6) is 0 Å². The van der Waals surface area contributed by atoms with Gasteiger partial charge in [0.05, 0.1) is 6.61 Å². The SMILES string of the molecule is CCCC1C=C(C(C)C)C(O)OC1. The summed E-state index contributed by atoms with van der Waals surface area (Å²) in [5, 5.41) is 9.53. The molecule has 0 radical (unpaired) electrons. The molecular formula is C11H20O2. The van der Waals surface area contributed by atoms with Gasteiger partial charge in [0, 0.05) is 5.92 Å². The van der Waals surface area contributed by atoms with Crippen molar-refractivity contribution in [3.8, 4) is 0 Å². The molecule has 0 aromatic carbocycles. The van der Waals surface area contributed by atoms with E-state index in [1.165, 1.54) is 6.42 Å². The van der Waals surface area contributed by atoms with Crippen molar-refractivity contribution in [2.45, 2.75) is 39.9 Å². The van der Waals surface area contributed by atoms with Crippen LogP contribution in [0, 0.1) is 11.8 Å². The average molecular weight is 184 g/mol. The van der Waals surface area contributed by atoms with Gasteiger partial charge in [-0.15, -0.1) is 0 Å². The second-order valence-corrected chi connectivity index (χ2v) is 4.06. The van der Waals surface area contributed by atoms with E-state index < -0.39 is 6.29 Å². The van der Waals surface area contributed by atoms with E-state index >= 15 is 0 Å². The van der Waals surface area contributed by atoms with Gasteiger partial charge >= 0.3 is 0 Å². The molecular weight excluding hydrogens is 164 g/mol. The first-order chi connectivity index (χ1) is 6.15. The van der Waals surface area contributed by atoms with Crippen molar-refractivity contribution >= 4 is 0 Å². The van der Waals surface area contributed by atoms with Crippen LogP contribution in [0.15, 0.2) is 11.6 Å². The van der Waals surface area contributed by atoms with Gasteiger partial charge in [-0.1, -0.05) is 33.3 Å². The Morgan fingerprint density at radius 1 is 1.62 bits per heavy atom. The molecule has 0 spiro atoms. The van der Waals surface area contributed by atoms with Gasteiger partial charge in [0.25, 0.3) is 0 Å².